The maximum Gasteiger partial charge on any atom is 0.106 e. The topological polar surface area (TPSA) is 41.6 Å². The molecule has 0 saturated carbocycles. The van der Waals surface area contributed by atoms with E-state index in [1.165, 1.54) is 18.5 Å². The fourth-order valence-corrected chi connectivity index (χ4v) is 2.03. The summed E-state index contributed by atoms with van der Waals surface area (Å²) in [4.78, 5) is 4.42. The maximum absolute atomic E-state index is 8.63. The van der Waals surface area contributed by atoms with Gasteiger partial charge in [-0.15, -0.1) is 0 Å². The van der Waals surface area contributed by atoms with E-state index in [1.54, 1.807) is 0 Å². The Hall–Kier alpha value is -1.30. The molecule has 2 heterocycles. The van der Waals surface area contributed by atoms with E-state index in [2.05, 4.69) is 15.6 Å². The van der Waals surface area contributed by atoms with Crippen LogP contribution in [0.2, 0.25) is 0 Å². The van der Waals surface area contributed by atoms with Gasteiger partial charge in [0.2, 0.25) is 0 Å². The third-order valence-electron chi connectivity index (χ3n) is 2.64. The summed E-state index contributed by atoms with van der Waals surface area (Å²) in [5.41, 5.74) is 2.30. The summed E-state index contributed by atoms with van der Waals surface area (Å²) in [5, 5.41) is 8.63. The van der Waals surface area contributed by atoms with E-state index in [0.29, 0.717) is 6.42 Å². The highest BCUT2D eigenvalue weighted by Crippen LogP contribution is 2.20. The summed E-state index contributed by atoms with van der Waals surface area (Å²) in [6, 6.07) is 2.17. The third-order valence-corrected chi connectivity index (χ3v) is 2.64. The number of fused-ring (bicyclic) bond motifs is 1. The molecule has 13 heavy (non-hydrogen) atoms. The second-order valence-corrected chi connectivity index (χ2v) is 3.50. The van der Waals surface area contributed by atoms with Crippen molar-refractivity contribution < 1.29 is 0 Å². The van der Waals surface area contributed by atoms with Crippen molar-refractivity contribution in [3.8, 4) is 6.07 Å². The molecule has 0 fully saturated rings. The van der Waals surface area contributed by atoms with E-state index in [1.807, 2.05) is 6.92 Å². The Balaban J connectivity index is 2.42. The first kappa shape index (κ1) is 8.31. The molecule has 0 spiro atoms. The van der Waals surface area contributed by atoms with Crippen molar-refractivity contribution in [3.05, 3.63) is 17.2 Å². The highest BCUT2D eigenvalue weighted by molar-refractivity contribution is 5.21. The van der Waals surface area contributed by atoms with Crippen molar-refractivity contribution in [2.45, 2.75) is 39.2 Å². The molecule has 0 N–H and O–H groups in total. The Morgan fingerprint density at radius 3 is 3.15 bits per heavy atom. The molecule has 0 amide bonds. The number of imidazole rings is 1. The number of hydrogen-bond acceptors (Lipinski definition) is 2. The summed E-state index contributed by atoms with van der Waals surface area (Å²) in [7, 11) is 0. The number of hydrogen-bond donors (Lipinski definition) is 0. The lowest BCUT2D eigenvalue weighted by Gasteiger charge is -2.15. The van der Waals surface area contributed by atoms with Gasteiger partial charge < -0.3 is 4.57 Å². The van der Waals surface area contributed by atoms with Gasteiger partial charge in [-0.1, -0.05) is 0 Å². The fourth-order valence-electron chi connectivity index (χ4n) is 2.03. The molecule has 0 saturated heterocycles. The first-order chi connectivity index (χ1) is 6.33. The number of aromatic nitrogens is 2. The van der Waals surface area contributed by atoms with Crippen molar-refractivity contribution in [2.75, 3.05) is 0 Å². The predicted molar refractivity (Wildman–Crippen MR) is 49.2 cm³/mol. The molecule has 1 aromatic rings. The van der Waals surface area contributed by atoms with Gasteiger partial charge in [0, 0.05) is 12.2 Å². The number of aryl methyl sites for hydroxylation is 1. The number of rotatable bonds is 1. The first-order valence-electron chi connectivity index (χ1n) is 4.74. The summed E-state index contributed by atoms with van der Waals surface area (Å²) in [6.07, 6.45) is 4.04. The molecule has 0 atom stereocenters. The van der Waals surface area contributed by atoms with Gasteiger partial charge in [-0.3, -0.25) is 0 Å². The van der Waals surface area contributed by atoms with E-state index in [-0.39, 0.29) is 0 Å². The van der Waals surface area contributed by atoms with Gasteiger partial charge in [-0.25, -0.2) is 4.98 Å². The molecule has 0 bridgehead atoms. The molecular weight excluding hydrogens is 162 g/mol. The average molecular weight is 175 g/mol. The van der Waals surface area contributed by atoms with E-state index < -0.39 is 0 Å². The van der Waals surface area contributed by atoms with Gasteiger partial charge in [0.25, 0.3) is 0 Å². The monoisotopic (exact) mass is 175 g/mol. The second-order valence-electron chi connectivity index (χ2n) is 3.50. The Bertz CT molecular complexity index is 357. The molecule has 0 unspecified atom stereocenters. The van der Waals surface area contributed by atoms with Crippen LogP contribution in [0.4, 0.5) is 0 Å². The minimum atomic E-state index is 0.461. The van der Waals surface area contributed by atoms with E-state index in [9.17, 15) is 0 Å². The average Bonchev–Trinajstić information content (AvgIpc) is 2.46. The Labute approximate surface area is 78.0 Å². The smallest absolute Gasteiger partial charge is 0.106 e. The van der Waals surface area contributed by atoms with Gasteiger partial charge in [-0.05, 0) is 26.2 Å². The van der Waals surface area contributed by atoms with Crippen LogP contribution in [0, 0.1) is 18.3 Å². The highest BCUT2D eigenvalue weighted by atomic mass is 15.1. The third kappa shape index (κ3) is 1.33. The zero-order valence-electron chi connectivity index (χ0n) is 7.88. The Morgan fingerprint density at radius 2 is 2.38 bits per heavy atom. The quantitative estimate of drug-likeness (QED) is 0.650. The van der Waals surface area contributed by atoms with Crippen LogP contribution in [0.3, 0.4) is 0 Å². The SMILES string of the molecule is Cc1nc(CC#N)c2n1CCCC2. The predicted octanol–water partition coefficient (Wildman–Crippen LogP) is 1.59. The summed E-state index contributed by atoms with van der Waals surface area (Å²) in [5.74, 6) is 1.07. The molecule has 0 aromatic carbocycles. The van der Waals surface area contributed by atoms with Crippen molar-refractivity contribution in [3.63, 3.8) is 0 Å². The van der Waals surface area contributed by atoms with Crippen LogP contribution in [0.1, 0.15) is 30.1 Å². The molecule has 68 valence electrons. The van der Waals surface area contributed by atoms with Gasteiger partial charge >= 0.3 is 0 Å². The van der Waals surface area contributed by atoms with Crippen molar-refractivity contribution in [1.82, 2.24) is 9.55 Å². The summed E-state index contributed by atoms with van der Waals surface area (Å²) in [6.45, 7) is 3.11. The fraction of sp³-hybridized carbons (Fsp3) is 0.600. The zero-order valence-corrected chi connectivity index (χ0v) is 7.88. The molecule has 2 rings (SSSR count). The summed E-state index contributed by atoms with van der Waals surface area (Å²) < 4.78 is 2.26. The minimum Gasteiger partial charge on any atom is -0.332 e. The van der Waals surface area contributed by atoms with Crippen LogP contribution in [-0.2, 0) is 19.4 Å². The van der Waals surface area contributed by atoms with Crippen LogP contribution >= 0.6 is 0 Å². The van der Waals surface area contributed by atoms with Crippen LogP contribution in [-0.4, -0.2) is 9.55 Å². The molecule has 1 aliphatic rings. The van der Waals surface area contributed by atoms with Crippen molar-refractivity contribution >= 4 is 0 Å². The van der Waals surface area contributed by atoms with Crippen LogP contribution in [0.15, 0.2) is 0 Å². The van der Waals surface area contributed by atoms with Gasteiger partial charge in [0.15, 0.2) is 0 Å². The van der Waals surface area contributed by atoms with E-state index in [4.69, 9.17) is 5.26 Å². The largest absolute Gasteiger partial charge is 0.332 e. The number of nitrogens with zero attached hydrogens (tertiary/aromatic N) is 3. The Kier molecular flexibility index (Phi) is 2.05. The van der Waals surface area contributed by atoms with Crippen LogP contribution < -0.4 is 0 Å². The Morgan fingerprint density at radius 1 is 1.54 bits per heavy atom. The molecule has 3 heteroatoms. The van der Waals surface area contributed by atoms with Crippen molar-refractivity contribution in [2.24, 2.45) is 0 Å². The van der Waals surface area contributed by atoms with Crippen LogP contribution in [0.5, 0.6) is 0 Å². The van der Waals surface area contributed by atoms with Crippen molar-refractivity contribution in [1.29, 1.82) is 5.26 Å². The molecule has 3 nitrogen and oxygen atoms in total. The lowest BCUT2D eigenvalue weighted by molar-refractivity contribution is 0.520. The number of nitriles is 1. The highest BCUT2D eigenvalue weighted by Gasteiger charge is 2.16. The lowest BCUT2D eigenvalue weighted by Crippen LogP contribution is -2.11. The molecular formula is C10H13N3. The van der Waals surface area contributed by atoms with Gasteiger partial charge in [-0.2, -0.15) is 5.26 Å². The first-order valence-corrected chi connectivity index (χ1v) is 4.74. The summed E-state index contributed by atoms with van der Waals surface area (Å²) >= 11 is 0. The molecule has 0 radical (unpaired) electrons. The standard InChI is InChI=1S/C10H13N3/c1-8-12-9(5-6-11)10-4-2-3-7-13(8)10/h2-5,7H2,1H3. The molecule has 1 aliphatic heterocycles. The van der Waals surface area contributed by atoms with Gasteiger partial charge in [0.05, 0.1) is 18.2 Å². The zero-order chi connectivity index (χ0) is 9.26. The minimum absolute atomic E-state index is 0.461. The van der Waals surface area contributed by atoms with Gasteiger partial charge in [0.1, 0.15) is 5.82 Å². The maximum atomic E-state index is 8.63. The van der Waals surface area contributed by atoms with E-state index >= 15 is 0 Å². The van der Waals surface area contributed by atoms with E-state index in [0.717, 1.165) is 24.5 Å². The lowest BCUT2D eigenvalue weighted by atomic mass is 10.1. The van der Waals surface area contributed by atoms with Crippen LogP contribution in [0.25, 0.3) is 0 Å². The molecule has 1 aromatic heterocycles. The molecule has 0 aliphatic carbocycles. The normalized spacial score (nSPS) is 15.1. The second kappa shape index (κ2) is 3.21.